The first-order chi connectivity index (χ1) is 56.9. The molecule has 11 aliphatic heterocycles. The van der Waals surface area contributed by atoms with Gasteiger partial charge in [0, 0.05) is 118 Å². The summed E-state index contributed by atoms with van der Waals surface area (Å²) in [7, 11) is 0. The number of H-pyrrole nitrogens is 1. The predicted octanol–water partition coefficient (Wildman–Crippen LogP) is 10.6. The zero-order chi connectivity index (χ0) is 87.5. The Morgan fingerprint density at radius 1 is 0.471 bits per heavy atom. The fourth-order valence-corrected chi connectivity index (χ4v) is 20.0. The summed E-state index contributed by atoms with van der Waals surface area (Å²) in [4.78, 5) is 179. The maximum Gasteiger partial charge on any atom is 0.410 e. The third-order valence-electron chi connectivity index (χ3n) is 22.3. The molecule has 11 aliphatic rings. The van der Waals surface area contributed by atoms with Crippen LogP contribution in [0.25, 0.3) is 0 Å². The monoisotopic (exact) mass is 1870 g/mol. The number of carbonyl (C=O) groups is 8. The number of nitrogen functional groups attached to an aromatic ring is 1. The number of hydrogen-bond acceptors (Lipinski definition) is 25. The first kappa shape index (κ1) is 88.7. The molecular formula is C79H91Br2Cl4N21O15. The summed E-state index contributed by atoms with van der Waals surface area (Å²) in [5.41, 5.74) is 5.57. The molecule has 7 aromatic rings. The Labute approximate surface area is 729 Å². The number of anilines is 5. The SMILES string of the molecule is CC(C)(C)OC(=O)N1C2CCC1CC(=O)C2.CC(C)(C)OC(=O)N1C2CCC1CC1(C2)NC(=O)c2c(Cl)cc(Br)c(=O)n21.CC(C)(C)OC(=O)N1C2CCC1CC1(C2)NC(=O)c2c(Cl)cc(Nc3ccncn3)c(=O)n21.NC(=O)c1[nH]c(=O)c(Br)cc1Cl.Nc1ccncn1.O=C1NC2(CC3CCC(C2)N3)n2c1c(Cl)cc(Nc1ccncn1)c2=O. The Balaban J connectivity index is 0.000000132. The molecule has 7 aromatic heterocycles. The first-order valence-corrected chi connectivity index (χ1v) is 42.3. The van der Waals surface area contributed by atoms with Crippen molar-refractivity contribution in [1.29, 1.82) is 0 Å². The second kappa shape index (κ2) is 34.7. The predicted molar refractivity (Wildman–Crippen MR) is 453 cm³/mol. The standard InChI is InChI=1S/C22H25ClN6O4.C18H21BrClN3O4.C17H17ClN6O2.C12H19NO3.C6H4BrClN2O2.C4H5N3/c1-21(2,3)33-20(32)28-12-4-5-13(28)10-22(9-12)27-18(30)17-14(23)8-15(19(31)29(17)22)26-16-6-7-24-11-25-16;1-17(2,3)27-16(26)22-9-4-5-10(22)8-18(7-9)21-14(24)13-12(20)6-11(19)15(25)23(13)18;18-11-5-12(22-13-3-4-19-8-20-13)16(26)24-14(11)15(25)23-17(24)6-9-1-2-10(7-17)21-9;1-12(2,3)16-11(15)13-8-4-5-9(13)7-10(14)6-8;7-2-1-3(8)4(5(9)11)10-6(2)12;5-4-1-2-6-3-7-4/h6-8,11-13H,4-5,9-10H2,1-3H3,(H,27,30)(H,24,25,26);6,9-10H,4-5,7-8H2,1-3H3,(H,21,24);3-5,8-10,21H,1-2,6-7H2,(H,23,25)(H,19,20,22);8-9H,4-7H2,1-3H3;1H,(H2,9,11)(H,10,12);1-3H,(H2,5,6,7). The number of Topliss-reactive ketones (excluding diaryl/α,β-unsaturated/α-hetero) is 1. The van der Waals surface area contributed by atoms with Crippen LogP contribution in [0.2, 0.25) is 20.1 Å². The lowest BCUT2D eigenvalue weighted by atomic mass is 9.90. The minimum Gasteiger partial charge on any atom is -0.444 e. The van der Waals surface area contributed by atoms with Gasteiger partial charge in [0.05, 0.1) is 29.0 Å². The molecule has 8 saturated heterocycles. The van der Waals surface area contributed by atoms with E-state index in [0.717, 1.165) is 51.4 Å². The van der Waals surface area contributed by atoms with Crippen LogP contribution >= 0.6 is 78.3 Å². The van der Waals surface area contributed by atoms with Crippen LogP contribution in [-0.2, 0) is 36.0 Å². The van der Waals surface area contributed by atoms with Crippen LogP contribution in [0.3, 0.4) is 0 Å². The van der Waals surface area contributed by atoms with Crippen molar-refractivity contribution in [3.8, 4) is 0 Å². The van der Waals surface area contributed by atoms with Crippen LogP contribution in [0.4, 0.5) is 43.2 Å². The average Bonchev–Trinajstić information content (AvgIpc) is 1.57. The maximum absolute atomic E-state index is 13.6. The van der Waals surface area contributed by atoms with E-state index in [0.29, 0.717) is 91.1 Å². The van der Waals surface area contributed by atoms with Gasteiger partial charge in [0.2, 0.25) is 0 Å². The summed E-state index contributed by atoms with van der Waals surface area (Å²) >= 11 is 30.9. The molecule has 0 radical (unpaired) electrons. The summed E-state index contributed by atoms with van der Waals surface area (Å²) in [6.07, 6.45) is 19.2. The highest BCUT2D eigenvalue weighted by Crippen LogP contribution is 2.50. The van der Waals surface area contributed by atoms with Gasteiger partial charge in [0.25, 0.3) is 45.9 Å². The quantitative estimate of drug-likeness (QED) is 0.0723. The number of ether oxygens (including phenoxy) is 3. The molecule has 18 rings (SSSR count). The molecule has 121 heavy (non-hydrogen) atoms. The van der Waals surface area contributed by atoms with Crippen molar-refractivity contribution in [3.63, 3.8) is 0 Å². The number of rotatable bonds is 5. The lowest BCUT2D eigenvalue weighted by molar-refractivity contribution is -0.123. The minimum absolute atomic E-state index is 0.0788. The maximum atomic E-state index is 13.6. The van der Waals surface area contributed by atoms with Gasteiger partial charge >= 0.3 is 18.3 Å². The highest BCUT2D eigenvalue weighted by molar-refractivity contribution is 9.10. The van der Waals surface area contributed by atoms with Crippen molar-refractivity contribution in [2.45, 2.75) is 247 Å². The number of aromatic amines is 1. The molecule has 11 N–H and O–H groups in total. The normalized spacial score (nSPS) is 25.1. The number of pyridine rings is 4. The summed E-state index contributed by atoms with van der Waals surface area (Å²) in [6.45, 7) is 16.6. The Hall–Kier alpha value is -10.1. The number of carbonyl (C=O) groups excluding carboxylic acids is 8. The number of hydrogen-bond donors (Lipinski definition) is 9. The fraction of sp³-hybridized carbons (Fsp3) is 0.494. The van der Waals surface area contributed by atoms with Crippen LogP contribution in [0.1, 0.15) is 207 Å². The number of primary amides is 1. The summed E-state index contributed by atoms with van der Waals surface area (Å²) in [5.74, 6) is -0.0743. The Morgan fingerprint density at radius 3 is 1.17 bits per heavy atom. The highest BCUT2D eigenvalue weighted by Gasteiger charge is 2.59. The van der Waals surface area contributed by atoms with E-state index in [1.807, 2.05) is 62.3 Å². The number of piperidine rings is 4. The van der Waals surface area contributed by atoms with Crippen molar-refractivity contribution in [2.24, 2.45) is 5.73 Å². The van der Waals surface area contributed by atoms with Crippen LogP contribution in [-0.4, -0.2) is 176 Å². The van der Waals surface area contributed by atoms with Gasteiger partial charge in [0.1, 0.15) is 110 Å². The van der Waals surface area contributed by atoms with Crippen molar-refractivity contribution >= 4 is 155 Å². The van der Waals surface area contributed by atoms with Crippen molar-refractivity contribution < 1.29 is 52.6 Å². The summed E-state index contributed by atoms with van der Waals surface area (Å²) in [6, 6.07) is 10.9. The number of nitrogens with two attached hydrogens (primary N) is 2. The number of ketones is 1. The minimum atomic E-state index is -0.957. The van der Waals surface area contributed by atoms with Crippen molar-refractivity contribution in [3.05, 3.63) is 173 Å². The second-order valence-electron chi connectivity index (χ2n) is 34.3. The molecule has 0 saturated carbocycles. The van der Waals surface area contributed by atoms with Crippen LogP contribution in [0.5, 0.6) is 0 Å². The van der Waals surface area contributed by atoms with Crippen LogP contribution in [0.15, 0.2) is 108 Å². The molecule has 3 spiro atoms. The topological polar surface area (TPSA) is 474 Å². The molecule has 8 bridgehead atoms. The average molecular weight is 1880 g/mol. The molecule has 0 aromatic carbocycles. The van der Waals surface area contributed by atoms with Gasteiger partial charge in [-0.3, -0.25) is 56.9 Å². The van der Waals surface area contributed by atoms with E-state index < -0.39 is 51.2 Å². The van der Waals surface area contributed by atoms with E-state index in [1.165, 1.54) is 52.4 Å². The van der Waals surface area contributed by atoms with Gasteiger partial charge in [-0.05, 0) is 188 Å². The van der Waals surface area contributed by atoms with Crippen molar-refractivity contribution in [2.75, 3.05) is 16.4 Å². The largest absolute Gasteiger partial charge is 0.444 e. The number of amides is 7. The first-order valence-electron chi connectivity index (χ1n) is 39.2. The van der Waals surface area contributed by atoms with Crippen molar-refractivity contribution in [1.82, 2.24) is 84.6 Å². The summed E-state index contributed by atoms with van der Waals surface area (Å²) in [5, 5.41) is 19.4. The van der Waals surface area contributed by atoms with Gasteiger partial charge in [-0.15, -0.1) is 0 Å². The number of fused-ring (bicyclic) bond motifs is 14. The third-order valence-corrected chi connectivity index (χ3v) is 24.6. The molecule has 36 nitrogen and oxygen atoms in total. The molecule has 18 heterocycles. The third kappa shape index (κ3) is 18.9. The lowest BCUT2D eigenvalue weighted by Gasteiger charge is -2.45. The van der Waals surface area contributed by atoms with Gasteiger partial charge < -0.3 is 77.3 Å². The molecule has 8 unspecified atom stereocenters. The van der Waals surface area contributed by atoms with E-state index in [1.54, 1.807) is 56.1 Å². The number of halogens is 6. The highest BCUT2D eigenvalue weighted by atomic mass is 79.9. The van der Waals surface area contributed by atoms with Gasteiger partial charge in [-0.1, -0.05) is 46.4 Å². The van der Waals surface area contributed by atoms with Gasteiger partial charge in [-0.25, -0.2) is 44.3 Å². The Kier molecular flexibility index (Phi) is 25.4. The molecular weight excluding hydrogens is 1780 g/mol. The van der Waals surface area contributed by atoms with Crippen LogP contribution in [0, 0.1) is 0 Å². The molecule has 42 heteroatoms. The van der Waals surface area contributed by atoms with Crippen LogP contribution < -0.4 is 65.6 Å². The fourth-order valence-electron chi connectivity index (χ4n) is 17.9. The second-order valence-corrected chi connectivity index (χ2v) is 37.6. The van der Waals surface area contributed by atoms with E-state index in [-0.39, 0.29) is 142 Å². The molecule has 0 aliphatic carbocycles. The molecule has 644 valence electrons. The molecule has 8 atom stereocenters. The molecule has 7 amide bonds. The van der Waals surface area contributed by atoms with E-state index in [2.05, 4.69) is 98.6 Å². The zero-order valence-electron chi connectivity index (χ0n) is 67.4. The van der Waals surface area contributed by atoms with Gasteiger partial charge in [0.15, 0.2) is 0 Å². The Morgan fingerprint density at radius 2 is 0.818 bits per heavy atom. The van der Waals surface area contributed by atoms with Gasteiger partial charge in [-0.2, -0.15) is 0 Å². The van der Waals surface area contributed by atoms with E-state index in [9.17, 15) is 57.5 Å². The van der Waals surface area contributed by atoms with E-state index >= 15 is 0 Å². The number of nitrogens with one attached hydrogen (secondary N) is 7. The summed E-state index contributed by atoms with van der Waals surface area (Å²) < 4.78 is 21.6. The zero-order valence-corrected chi connectivity index (χ0v) is 73.5. The molecule has 8 fully saturated rings. The number of nitrogens with zero attached hydrogens (tertiary/aromatic N) is 12. The smallest absolute Gasteiger partial charge is 0.410 e. The number of aromatic nitrogens is 10. The lowest BCUT2D eigenvalue weighted by Crippen LogP contribution is -2.60. The Bertz CT molecular complexity index is 5460. The van der Waals surface area contributed by atoms with E-state index in [4.69, 9.17) is 72.1 Å².